The van der Waals surface area contributed by atoms with E-state index < -0.39 is 0 Å². The van der Waals surface area contributed by atoms with Gasteiger partial charge in [0, 0.05) is 17.8 Å². The number of rotatable bonds is 2. The number of hydrogen-bond acceptors (Lipinski definition) is 1. The van der Waals surface area contributed by atoms with E-state index in [9.17, 15) is 0 Å². The van der Waals surface area contributed by atoms with E-state index in [1.807, 2.05) is 0 Å². The summed E-state index contributed by atoms with van der Waals surface area (Å²) in [6.07, 6.45) is 17.4. The van der Waals surface area contributed by atoms with Crippen molar-refractivity contribution in [1.29, 1.82) is 5.26 Å². The van der Waals surface area contributed by atoms with E-state index in [1.54, 1.807) is 0 Å². The molecule has 0 spiro atoms. The molecule has 3 aliphatic carbocycles. The fraction of sp³-hybridized carbons (Fsp3) is 0.870. The lowest BCUT2D eigenvalue weighted by atomic mass is 9.69. The number of nitrogens with zero attached hydrogens (tertiary/aromatic N) is 1. The summed E-state index contributed by atoms with van der Waals surface area (Å²) in [6, 6.07) is 2.42. The third kappa shape index (κ3) is 4.79. The van der Waals surface area contributed by atoms with Gasteiger partial charge < -0.3 is 0 Å². The highest BCUT2D eigenvalue weighted by Gasteiger charge is 2.30. The highest BCUT2D eigenvalue weighted by molar-refractivity contribution is 5.09. The zero-order valence-electron chi connectivity index (χ0n) is 15.6. The van der Waals surface area contributed by atoms with Crippen LogP contribution in [0.5, 0.6) is 0 Å². The molecule has 0 N–H and O–H groups in total. The van der Waals surface area contributed by atoms with Gasteiger partial charge in [0.2, 0.25) is 0 Å². The Labute approximate surface area is 149 Å². The van der Waals surface area contributed by atoms with Gasteiger partial charge in [-0.2, -0.15) is 5.26 Å². The third-order valence-corrected chi connectivity index (χ3v) is 7.31. The Morgan fingerprint density at radius 3 is 1.50 bits per heavy atom. The molecule has 1 nitrogen and oxygen atoms in total. The molecule has 3 rings (SSSR count). The van der Waals surface area contributed by atoms with Crippen LogP contribution < -0.4 is 0 Å². The van der Waals surface area contributed by atoms with E-state index in [4.69, 9.17) is 5.26 Å². The predicted octanol–water partition coefficient (Wildman–Crippen LogP) is 6.34. The Morgan fingerprint density at radius 2 is 1.04 bits per heavy atom. The summed E-state index contributed by atoms with van der Waals surface area (Å²) < 4.78 is 0. The standard InChI is InChI=1S/C23H35N/c1-2-18-9-13-22(14-10-18)23-15-11-20(12-16-23)4-3-19-5-7-21(17-24)8-6-19/h18-23H,2,5-16H2,1H3. The van der Waals surface area contributed by atoms with Crippen LogP contribution in [-0.2, 0) is 0 Å². The maximum Gasteiger partial charge on any atom is 0.0655 e. The minimum Gasteiger partial charge on any atom is -0.198 e. The zero-order chi connectivity index (χ0) is 16.8. The van der Waals surface area contributed by atoms with E-state index in [1.165, 1.54) is 57.8 Å². The minimum atomic E-state index is 0.307. The Bertz CT molecular complexity index is 466. The molecule has 0 saturated heterocycles. The molecule has 1 heteroatoms. The van der Waals surface area contributed by atoms with Crippen LogP contribution in [0.4, 0.5) is 0 Å². The van der Waals surface area contributed by atoms with E-state index in [-0.39, 0.29) is 0 Å². The van der Waals surface area contributed by atoms with Crippen LogP contribution in [0.25, 0.3) is 0 Å². The molecule has 3 saturated carbocycles. The van der Waals surface area contributed by atoms with Gasteiger partial charge in [-0.25, -0.2) is 0 Å². The molecule has 0 amide bonds. The molecule has 132 valence electrons. The number of nitriles is 1. The lowest BCUT2D eigenvalue weighted by Crippen LogP contribution is -2.25. The first-order valence-electron chi connectivity index (χ1n) is 10.7. The fourth-order valence-corrected chi connectivity index (χ4v) is 5.41. The molecule has 3 fully saturated rings. The molecule has 0 aromatic carbocycles. The quantitative estimate of drug-likeness (QED) is 0.543. The first-order chi connectivity index (χ1) is 11.8. The SMILES string of the molecule is CCC1CCC(C2CCC(C#CC3CCC(C#N)CC3)CC2)CC1. The average molecular weight is 326 g/mol. The van der Waals surface area contributed by atoms with Gasteiger partial charge in [0.25, 0.3) is 0 Å². The van der Waals surface area contributed by atoms with Gasteiger partial charge in [-0.3, -0.25) is 0 Å². The summed E-state index contributed by atoms with van der Waals surface area (Å²) in [5.41, 5.74) is 0. The summed E-state index contributed by atoms with van der Waals surface area (Å²) in [7, 11) is 0. The Kier molecular flexibility index (Phi) is 6.66. The fourth-order valence-electron chi connectivity index (χ4n) is 5.41. The smallest absolute Gasteiger partial charge is 0.0655 e. The van der Waals surface area contributed by atoms with Crippen LogP contribution in [0.1, 0.15) is 90.4 Å². The minimum absolute atomic E-state index is 0.307. The van der Waals surface area contributed by atoms with E-state index in [0.717, 1.165) is 43.4 Å². The highest BCUT2D eigenvalue weighted by Crippen LogP contribution is 2.41. The van der Waals surface area contributed by atoms with E-state index in [0.29, 0.717) is 17.8 Å². The summed E-state index contributed by atoms with van der Waals surface area (Å²) in [6.45, 7) is 2.36. The van der Waals surface area contributed by atoms with Crippen LogP contribution in [0.15, 0.2) is 0 Å². The van der Waals surface area contributed by atoms with Crippen molar-refractivity contribution in [3.8, 4) is 17.9 Å². The van der Waals surface area contributed by atoms with Crippen molar-refractivity contribution in [2.24, 2.45) is 35.5 Å². The van der Waals surface area contributed by atoms with Gasteiger partial charge in [0.05, 0.1) is 6.07 Å². The average Bonchev–Trinajstić information content (AvgIpc) is 2.67. The predicted molar refractivity (Wildman–Crippen MR) is 100 cm³/mol. The Balaban J connectivity index is 1.39. The highest BCUT2D eigenvalue weighted by atomic mass is 14.4. The van der Waals surface area contributed by atoms with Crippen LogP contribution in [0.3, 0.4) is 0 Å². The summed E-state index contributed by atoms with van der Waals surface area (Å²) in [4.78, 5) is 0. The van der Waals surface area contributed by atoms with Crippen LogP contribution in [0.2, 0.25) is 0 Å². The van der Waals surface area contributed by atoms with Gasteiger partial charge in [0.1, 0.15) is 0 Å². The van der Waals surface area contributed by atoms with Gasteiger partial charge >= 0.3 is 0 Å². The summed E-state index contributed by atoms with van der Waals surface area (Å²) >= 11 is 0. The second-order valence-corrected chi connectivity index (χ2v) is 8.77. The van der Waals surface area contributed by atoms with E-state index in [2.05, 4.69) is 24.8 Å². The second kappa shape index (κ2) is 8.94. The third-order valence-electron chi connectivity index (χ3n) is 7.31. The van der Waals surface area contributed by atoms with Crippen molar-refractivity contribution < 1.29 is 0 Å². The monoisotopic (exact) mass is 325 g/mol. The van der Waals surface area contributed by atoms with Crippen LogP contribution >= 0.6 is 0 Å². The Hall–Kier alpha value is -0.950. The van der Waals surface area contributed by atoms with Crippen molar-refractivity contribution in [2.45, 2.75) is 90.4 Å². The van der Waals surface area contributed by atoms with Gasteiger partial charge in [0.15, 0.2) is 0 Å². The molecular weight excluding hydrogens is 290 g/mol. The number of hydrogen-bond donors (Lipinski definition) is 0. The first-order valence-corrected chi connectivity index (χ1v) is 10.7. The molecule has 0 aromatic heterocycles. The van der Waals surface area contributed by atoms with Gasteiger partial charge in [-0.05, 0) is 82.0 Å². The van der Waals surface area contributed by atoms with Crippen molar-refractivity contribution in [2.75, 3.05) is 0 Å². The molecule has 0 aromatic rings. The second-order valence-electron chi connectivity index (χ2n) is 8.77. The molecule has 0 unspecified atom stereocenters. The van der Waals surface area contributed by atoms with Crippen LogP contribution in [-0.4, -0.2) is 0 Å². The maximum atomic E-state index is 8.99. The molecule has 3 aliphatic rings. The van der Waals surface area contributed by atoms with Crippen molar-refractivity contribution >= 4 is 0 Å². The van der Waals surface area contributed by atoms with Crippen LogP contribution in [0, 0.1) is 58.7 Å². The Morgan fingerprint density at radius 1 is 0.625 bits per heavy atom. The molecule has 24 heavy (non-hydrogen) atoms. The maximum absolute atomic E-state index is 8.99. The zero-order valence-corrected chi connectivity index (χ0v) is 15.6. The topological polar surface area (TPSA) is 23.8 Å². The summed E-state index contributed by atoms with van der Waals surface area (Å²) in [5, 5.41) is 8.99. The largest absolute Gasteiger partial charge is 0.198 e. The summed E-state index contributed by atoms with van der Waals surface area (Å²) in [5.74, 6) is 11.8. The van der Waals surface area contributed by atoms with Crippen molar-refractivity contribution in [3.63, 3.8) is 0 Å². The normalized spacial score (nSPS) is 40.2. The molecular formula is C23H35N. The molecule has 0 heterocycles. The van der Waals surface area contributed by atoms with E-state index >= 15 is 0 Å². The molecule has 0 bridgehead atoms. The van der Waals surface area contributed by atoms with Gasteiger partial charge in [-0.1, -0.05) is 38.0 Å². The molecule has 0 atom stereocenters. The van der Waals surface area contributed by atoms with Crippen molar-refractivity contribution in [3.05, 3.63) is 0 Å². The first kappa shape index (κ1) is 17.9. The molecule has 0 radical (unpaired) electrons. The molecule has 0 aliphatic heterocycles. The lowest BCUT2D eigenvalue weighted by molar-refractivity contribution is 0.155. The lowest BCUT2D eigenvalue weighted by Gasteiger charge is -2.37. The van der Waals surface area contributed by atoms with Crippen molar-refractivity contribution in [1.82, 2.24) is 0 Å². The van der Waals surface area contributed by atoms with Gasteiger partial charge in [-0.15, -0.1) is 0 Å².